The monoisotopic (exact) mass is 329 g/mol. The molecule has 1 aliphatic rings. The van der Waals surface area contributed by atoms with Gasteiger partial charge < -0.3 is 15.2 Å². The van der Waals surface area contributed by atoms with E-state index in [1.165, 1.54) is 17.0 Å². The molecule has 0 saturated carbocycles. The molecule has 2 amide bonds. The number of halogens is 3. The molecule has 1 fully saturated rings. The second-order valence-corrected chi connectivity index (χ2v) is 5.46. The van der Waals surface area contributed by atoms with Crippen molar-refractivity contribution in [3.8, 4) is 0 Å². The van der Waals surface area contributed by atoms with Crippen molar-refractivity contribution in [1.82, 2.24) is 15.2 Å². The van der Waals surface area contributed by atoms with Crippen molar-refractivity contribution in [3.05, 3.63) is 33.7 Å². The fraction of sp³-hybridized carbons (Fsp3) is 0.231. The maximum absolute atomic E-state index is 13.5. The Hall–Kier alpha value is -1.79. The number of carbonyl (C=O) groups is 2. The van der Waals surface area contributed by atoms with E-state index in [0.29, 0.717) is 24.0 Å². The molecule has 2 N–H and O–H groups in total. The first-order chi connectivity index (χ1) is 9.97. The molecule has 1 aliphatic heterocycles. The number of fused-ring (bicyclic) bond motifs is 1. The van der Waals surface area contributed by atoms with Crippen molar-refractivity contribution in [2.24, 2.45) is 0 Å². The van der Waals surface area contributed by atoms with Gasteiger partial charge in [0.2, 0.25) is 5.91 Å². The molecular weight excluding hydrogens is 320 g/mol. The Labute approximate surface area is 129 Å². The standard InChI is InChI=1S/C13H10Cl2FN3O2/c14-11-6-3-9(18-8(6)4-7(16)12(11)15)13(21)19-2-1-17-10(20)5-19/h3-4,18H,1-2,5H2,(H,17,20). The highest BCUT2D eigenvalue weighted by molar-refractivity contribution is 6.45. The van der Waals surface area contributed by atoms with Gasteiger partial charge in [-0.1, -0.05) is 23.2 Å². The van der Waals surface area contributed by atoms with Crippen LogP contribution in [0.15, 0.2) is 12.1 Å². The van der Waals surface area contributed by atoms with Crippen LogP contribution in [0.25, 0.3) is 10.9 Å². The molecule has 1 aromatic heterocycles. The Balaban J connectivity index is 1.99. The predicted molar refractivity (Wildman–Crippen MR) is 77.2 cm³/mol. The minimum atomic E-state index is -0.660. The van der Waals surface area contributed by atoms with Crippen molar-refractivity contribution in [1.29, 1.82) is 0 Å². The molecule has 8 heteroatoms. The molecule has 1 aromatic carbocycles. The number of H-pyrrole nitrogens is 1. The fourth-order valence-corrected chi connectivity index (χ4v) is 2.68. The molecule has 0 unspecified atom stereocenters. The summed E-state index contributed by atoms with van der Waals surface area (Å²) < 4.78 is 13.5. The lowest BCUT2D eigenvalue weighted by molar-refractivity contribution is -0.123. The molecule has 0 aliphatic carbocycles. The Morgan fingerprint density at radius 2 is 2.05 bits per heavy atom. The number of aromatic nitrogens is 1. The first-order valence-corrected chi connectivity index (χ1v) is 6.95. The smallest absolute Gasteiger partial charge is 0.270 e. The highest BCUT2D eigenvalue weighted by atomic mass is 35.5. The Kier molecular flexibility index (Phi) is 3.51. The number of amides is 2. The van der Waals surface area contributed by atoms with Crippen molar-refractivity contribution in [2.45, 2.75) is 0 Å². The number of piperazine rings is 1. The molecule has 0 radical (unpaired) electrons. The van der Waals surface area contributed by atoms with Crippen LogP contribution in [0.5, 0.6) is 0 Å². The van der Waals surface area contributed by atoms with Gasteiger partial charge in [-0.3, -0.25) is 9.59 Å². The van der Waals surface area contributed by atoms with Crippen molar-refractivity contribution < 1.29 is 14.0 Å². The molecule has 5 nitrogen and oxygen atoms in total. The lowest BCUT2D eigenvalue weighted by Crippen LogP contribution is -2.50. The maximum Gasteiger partial charge on any atom is 0.270 e. The van der Waals surface area contributed by atoms with Crippen molar-refractivity contribution in [2.75, 3.05) is 19.6 Å². The van der Waals surface area contributed by atoms with E-state index >= 15 is 0 Å². The van der Waals surface area contributed by atoms with Gasteiger partial charge in [-0.2, -0.15) is 0 Å². The molecule has 0 atom stereocenters. The van der Waals surface area contributed by atoms with Crippen LogP contribution < -0.4 is 5.32 Å². The summed E-state index contributed by atoms with van der Waals surface area (Å²) in [6.45, 7) is 0.825. The number of rotatable bonds is 1. The molecule has 2 aromatic rings. The van der Waals surface area contributed by atoms with Crippen LogP contribution in [0.3, 0.4) is 0 Å². The topological polar surface area (TPSA) is 65.2 Å². The molecule has 1 saturated heterocycles. The fourth-order valence-electron chi connectivity index (χ4n) is 2.28. The lowest BCUT2D eigenvalue weighted by Gasteiger charge is -2.26. The van der Waals surface area contributed by atoms with E-state index in [1.54, 1.807) is 0 Å². The van der Waals surface area contributed by atoms with Crippen LogP contribution >= 0.6 is 23.2 Å². The molecule has 0 bridgehead atoms. The number of hydrogen-bond donors (Lipinski definition) is 2. The summed E-state index contributed by atoms with van der Waals surface area (Å²) in [6.07, 6.45) is 0. The van der Waals surface area contributed by atoms with Gasteiger partial charge in [0.15, 0.2) is 0 Å². The van der Waals surface area contributed by atoms with Crippen LogP contribution in [-0.4, -0.2) is 41.3 Å². The summed E-state index contributed by atoms with van der Waals surface area (Å²) >= 11 is 11.7. The van der Waals surface area contributed by atoms with Gasteiger partial charge >= 0.3 is 0 Å². The molecule has 0 spiro atoms. The van der Waals surface area contributed by atoms with Gasteiger partial charge in [-0.25, -0.2) is 4.39 Å². The van der Waals surface area contributed by atoms with Gasteiger partial charge in [0, 0.05) is 18.5 Å². The average molecular weight is 330 g/mol. The summed E-state index contributed by atoms with van der Waals surface area (Å²) in [5.74, 6) is -1.21. The number of nitrogens with one attached hydrogen (secondary N) is 2. The minimum absolute atomic E-state index is 0.00293. The van der Waals surface area contributed by atoms with Gasteiger partial charge in [-0.05, 0) is 12.1 Å². The minimum Gasteiger partial charge on any atom is -0.353 e. The summed E-state index contributed by atoms with van der Waals surface area (Å²) in [4.78, 5) is 27.9. The zero-order valence-corrected chi connectivity index (χ0v) is 12.2. The van der Waals surface area contributed by atoms with E-state index in [9.17, 15) is 14.0 Å². The molecule has 3 rings (SSSR count). The first-order valence-electron chi connectivity index (χ1n) is 6.19. The largest absolute Gasteiger partial charge is 0.353 e. The zero-order valence-electron chi connectivity index (χ0n) is 10.7. The van der Waals surface area contributed by atoms with Crippen LogP contribution in [-0.2, 0) is 4.79 Å². The van der Waals surface area contributed by atoms with Gasteiger partial charge in [0.25, 0.3) is 5.91 Å². The number of nitrogens with zero attached hydrogens (tertiary/aromatic N) is 1. The SMILES string of the molecule is O=C1CN(C(=O)c2cc3c(Cl)c(Cl)c(F)cc3[nH]2)CCN1. The number of benzene rings is 1. The van der Waals surface area contributed by atoms with E-state index < -0.39 is 5.82 Å². The molecular formula is C13H10Cl2FN3O2. The second kappa shape index (κ2) is 5.20. The van der Waals surface area contributed by atoms with E-state index in [0.717, 1.165) is 0 Å². The van der Waals surface area contributed by atoms with E-state index in [-0.39, 0.29) is 34.1 Å². The Morgan fingerprint density at radius 1 is 1.29 bits per heavy atom. The van der Waals surface area contributed by atoms with Crippen LogP contribution in [0.2, 0.25) is 10.0 Å². The third-order valence-corrected chi connectivity index (χ3v) is 4.17. The van der Waals surface area contributed by atoms with Crippen molar-refractivity contribution in [3.63, 3.8) is 0 Å². The van der Waals surface area contributed by atoms with Gasteiger partial charge in [0.05, 0.1) is 22.1 Å². The predicted octanol–water partition coefficient (Wildman–Crippen LogP) is 2.19. The van der Waals surface area contributed by atoms with E-state index in [2.05, 4.69) is 10.3 Å². The van der Waals surface area contributed by atoms with Crippen molar-refractivity contribution >= 4 is 45.9 Å². The van der Waals surface area contributed by atoms with Crippen LogP contribution in [0.4, 0.5) is 4.39 Å². The third-order valence-electron chi connectivity index (χ3n) is 3.31. The molecule has 2 heterocycles. The highest BCUT2D eigenvalue weighted by Crippen LogP contribution is 2.33. The van der Waals surface area contributed by atoms with Gasteiger partial charge in [-0.15, -0.1) is 0 Å². The van der Waals surface area contributed by atoms with E-state index in [4.69, 9.17) is 23.2 Å². The summed E-state index contributed by atoms with van der Waals surface area (Å²) in [7, 11) is 0. The first kappa shape index (κ1) is 14.2. The zero-order chi connectivity index (χ0) is 15.1. The lowest BCUT2D eigenvalue weighted by atomic mass is 10.2. The molecule has 110 valence electrons. The van der Waals surface area contributed by atoms with Crippen LogP contribution in [0, 0.1) is 5.82 Å². The highest BCUT2D eigenvalue weighted by Gasteiger charge is 2.24. The third kappa shape index (κ3) is 2.45. The second-order valence-electron chi connectivity index (χ2n) is 4.71. The number of carbonyl (C=O) groups excluding carboxylic acids is 2. The van der Waals surface area contributed by atoms with Crippen LogP contribution in [0.1, 0.15) is 10.5 Å². The normalized spacial score (nSPS) is 15.4. The summed E-state index contributed by atoms with van der Waals surface area (Å²) in [5.41, 5.74) is 0.620. The summed E-state index contributed by atoms with van der Waals surface area (Å²) in [5, 5.41) is 2.98. The Morgan fingerprint density at radius 3 is 2.76 bits per heavy atom. The average Bonchev–Trinajstić information content (AvgIpc) is 2.88. The summed E-state index contributed by atoms with van der Waals surface area (Å²) in [6, 6.07) is 2.70. The van der Waals surface area contributed by atoms with E-state index in [1.807, 2.05) is 0 Å². The molecule has 21 heavy (non-hydrogen) atoms. The Bertz CT molecular complexity index is 759. The number of aromatic amines is 1. The van der Waals surface area contributed by atoms with Gasteiger partial charge in [0.1, 0.15) is 11.5 Å². The maximum atomic E-state index is 13.5. The quantitative estimate of drug-likeness (QED) is 0.787. The number of hydrogen-bond acceptors (Lipinski definition) is 2.